The first-order chi connectivity index (χ1) is 10.6. The van der Waals surface area contributed by atoms with Crippen LogP contribution in [0.3, 0.4) is 0 Å². The van der Waals surface area contributed by atoms with E-state index in [2.05, 4.69) is 16.0 Å². The predicted molar refractivity (Wildman–Crippen MR) is 86.3 cm³/mol. The molecular weight excluding hydrogens is 282 g/mol. The summed E-state index contributed by atoms with van der Waals surface area (Å²) in [6.07, 6.45) is 5.67. The third-order valence-corrected chi connectivity index (χ3v) is 3.71. The molecule has 1 aromatic carbocycles. The molecule has 0 bridgehead atoms. The van der Waals surface area contributed by atoms with E-state index in [0.717, 1.165) is 12.8 Å². The van der Waals surface area contributed by atoms with Gasteiger partial charge in [0.1, 0.15) is 5.75 Å². The van der Waals surface area contributed by atoms with Crippen LogP contribution in [0.5, 0.6) is 5.75 Å². The second kappa shape index (κ2) is 7.68. The first-order valence-corrected chi connectivity index (χ1v) is 7.61. The molecule has 1 aliphatic carbocycles. The van der Waals surface area contributed by atoms with Crippen molar-refractivity contribution in [2.75, 3.05) is 17.7 Å². The quantitative estimate of drug-likeness (QED) is 0.799. The summed E-state index contributed by atoms with van der Waals surface area (Å²) in [7, 11) is 1.52. The molecule has 0 spiro atoms. The fourth-order valence-corrected chi connectivity index (χ4v) is 2.66. The molecule has 0 aliphatic heterocycles. The highest BCUT2D eigenvalue weighted by Gasteiger charge is 2.16. The Morgan fingerprint density at radius 1 is 1.14 bits per heavy atom. The van der Waals surface area contributed by atoms with Gasteiger partial charge in [-0.05, 0) is 25.0 Å². The molecule has 1 aromatic rings. The molecule has 1 aliphatic rings. The molecule has 0 radical (unpaired) electrons. The lowest BCUT2D eigenvalue weighted by Crippen LogP contribution is -2.39. The van der Waals surface area contributed by atoms with Crippen molar-refractivity contribution in [3.05, 3.63) is 18.2 Å². The van der Waals surface area contributed by atoms with Gasteiger partial charge in [0.2, 0.25) is 5.91 Å². The minimum Gasteiger partial charge on any atom is -0.494 e. The Kier molecular flexibility index (Phi) is 5.63. The van der Waals surface area contributed by atoms with Crippen molar-refractivity contribution in [1.29, 1.82) is 0 Å². The highest BCUT2D eigenvalue weighted by molar-refractivity contribution is 5.93. The van der Waals surface area contributed by atoms with Crippen molar-refractivity contribution in [3.8, 4) is 5.75 Å². The maximum Gasteiger partial charge on any atom is 0.319 e. The summed E-state index contributed by atoms with van der Waals surface area (Å²) in [6, 6.07) is 5.17. The lowest BCUT2D eigenvalue weighted by Gasteiger charge is -2.23. The van der Waals surface area contributed by atoms with Crippen molar-refractivity contribution in [2.24, 2.45) is 0 Å². The number of hydrogen-bond acceptors (Lipinski definition) is 3. The number of rotatable bonds is 4. The Balaban J connectivity index is 1.96. The SMILES string of the molecule is COc1cc(NC(=O)NC2CCCCC2)ccc1NC(C)=O. The summed E-state index contributed by atoms with van der Waals surface area (Å²) in [4.78, 5) is 23.1. The molecule has 2 rings (SSSR count). The van der Waals surface area contributed by atoms with Crippen molar-refractivity contribution >= 4 is 23.3 Å². The maximum absolute atomic E-state index is 12.0. The largest absolute Gasteiger partial charge is 0.494 e. The molecule has 1 fully saturated rings. The van der Waals surface area contributed by atoms with Gasteiger partial charge in [-0.25, -0.2) is 4.79 Å². The first kappa shape index (κ1) is 16.1. The van der Waals surface area contributed by atoms with Crippen LogP contribution >= 0.6 is 0 Å². The Hall–Kier alpha value is -2.24. The Morgan fingerprint density at radius 3 is 2.50 bits per heavy atom. The maximum atomic E-state index is 12.0. The average molecular weight is 305 g/mol. The number of hydrogen-bond donors (Lipinski definition) is 3. The van der Waals surface area contributed by atoms with Crippen molar-refractivity contribution in [1.82, 2.24) is 5.32 Å². The third-order valence-electron chi connectivity index (χ3n) is 3.71. The number of nitrogens with one attached hydrogen (secondary N) is 3. The number of carbonyl (C=O) groups excluding carboxylic acids is 2. The Labute approximate surface area is 130 Å². The number of carbonyl (C=O) groups is 2. The number of ether oxygens (including phenoxy) is 1. The van der Waals surface area contributed by atoms with Gasteiger partial charge in [-0.3, -0.25) is 4.79 Å². The Bertz CT molecular complexity index is 539. The molecular formula is C16H23N3O3. The lowest BCUT2D eigenvalue weighted by molar-refractivity contribution is -0.114. The van der Waals surface area contributed by atoms with E-state index in [1.165, 1.54) is 33.3 Å². The zero-order chi connectivity index (χ0) is 15.9. The van der Waals surface area contributed by atoms with Crippen LogP contribution in [0.25, 0.3) is 0 Å². The fraction of sp³-hybridized carbons (Fsp3) is 0.500. The fourth-order valence-electron chi connectivity index (χ4n) is 2.66. The molecule has 0 heterocycles. The number of anilines is 2. The van der Waals surface area contributed by atoms with E-state index in [0.29, 0.717) is 17.1 Å². The van der Waals surface area contributed by atoms with Crippen LogP contribution in [-0.2, 0) is 4.79 Å². The zero-order valence-electron chi connectivity index (χ0n) is 13.1. The molecule has 0 saturated heterocycles. The molecule has 6 heteroatoms. The third kappa shape index (κ3) is 4.65. The number of benzene rings is 1. The second-order valence-electron chi connectivity index (χ2n) is 5.53. The van der Waals surface area contributed by atoms with Gasteiger partial charge in [0.15, 0.2) is 0 Å². The van der Waals surface area contributed by atoms with Crippen LogP contribution in [0, 0.1) is 0 Å². The van der Waals surface area contributed by atoms with Gasteiger partial charge in [0.25, 0.3) is 0 Å². The summed E-state index contributed by atoms with van der Waals surface area (Å²) < 4.78 is 5.23. The van der Waals surface area contributed by atoms with Gasteiger partial charge >= 0.3 is 6.03 Å². The molecule has 1 saturated carbocycles. The van der Waals surface area contributed by atoms with E-state index >= 15 is 0 Å². The van der Waals surface area contributed by atoms with Crippen LogP contribution < -0.4 is 20.7 Å². The summed E-state index contributed by atoms with van der Waals surface area (Å²) in [5, 5.41) is 8.47. The smallest absolute Gasteiger partial charge is 0.319 e. The van der Waals surface area contributed by atoms with Gasteiger partial charge in [-0.15, -0.1) is 0 Å². The van der Waals surface area contributed by atoms with Crippen molar-refractivity contribution in [2.45, 2.75) is 45.1 Å². The highest BCUT2D eigenvalue weighted by atomic mass is 16.5. The minimum absolute atomic E-state index is 0.172. The lowest BCUT2D eigenvalue weighted by atomic mass is 9.96. The highest BCUT2D eigenvalue weighted by Crippen LogP contribution is 2.28. The monoisotopic (exact) mass is 305 g/mol. The molecule has 3 amide bonds. The van der Waals surface area contributed by atoms with Crippen LogP contribution in [-0.4, -0.2) is 25.1 Å². The molecule has 0 aromatic heterocycles. The molecule has 22 heavy (non-hydrogen) atoms. The normalized spacial score (nSPS) is 15.0. The average Bonchev–Trinajstić information content (AvgIpc) is 2.49. The zero-order valence-corrected chi connectivity index (χ0v) is 13.1. The number of amides is 3. The number of methoxy groups -OCH3 is 1. The molecule has 120 valence electrons. The molecule has 3 N–H and O–H groups in total. The predicted octanol–water partition coefficient (Wildman–Crippen LogP) is 3.11. The van der Waals surface area contributed by atoms with Gasteiger partial charge in [0, 0.05) is 24.7 Å². The van der Waals surface area contributed by atoms with Crippen LogP contribution in [0.1, 0.15) is 39.0 Å². The van der Waals surface area contributed by atoms with Crippen LogP contribution in [0.4, 0.5) is 16.2 Å². The molecule has 0 atom stereocenters. The van der Waals surface area contributed by atoms with Crippen molar-refractivity contribution < 1.29 is 14.3 Å². The topological polar surface area (TPSA) is 79.5 Å². The van der Waals surface area contributed by atoms with E-state index in [-0.39, 0.29) is 18.0 Å². The van der Waals surface area contributed by atoms with E-state index in [4.69, 9.17) is 4.74 Å². The van der Waals surface area contributed by atoms with E-state index < -0.39 is 0 Å². The van der Waals surface area contributed by atoms with Gasteiger partial charge in [-0.2, -0.15) is 0 Å². The van der Waals surface area contributed by atoms with Gasteiger partial charge < -0.3 is 20.7 Å². The minimum atomic E-state index is -0.207. The van der Waals surface area contributed by atoms with E-state index in [9.17, 15) is 9.59 Å². The molecule has 0 unspecified atom stereocenters. The summed E-state index contributed by atoms with van der Waals surface area (Å²) >= 11 is 0. The summed E-state index contributed by atoms with van der Waals surface area (Å²) in [5.41, 5.74) is 1.20. The first-order valence-electron chi connectivity index (χ1n) is 7.61. The van der Waals surface area contributed by atoms with E-state index in [1.807, 2.05) is 0 Å². The summed E-state index contributed by atoms with van der Waals surface area (Å²) in [5.74, 6) is 0.333. The van der Waals surface area contributed by atoms with Crippen molar-refractivity contribution in [3.63, 3.8) is 0 Å². The van der Waals surface area contributed by atoms with E-state index in [1.54, 1.807) is 18.2 Å². The second-order valence-corrected chi connectivity index (χ2v) is 5.53. The van der Waals surface area contributed by atoms with Crippen LogP contribution in [0.15, 0.2) is 18.2 Å². The summed E-state index contributed by atoms with van der Waals surface area (Å²) in [6.45, 7) is 1.43. The van der Waals surface area contributed by atoms with Crippen LogP contribution in [0.2, 0.25) is 0 Å². The Morgan fingerprint density at radius 2 is 1.86 bits per heavy atom. The van der Waals surface area contributed by atoms with Gasteiger partial charge in [0.05, 0.1) is 12.8 Å². The standard InChI is InChI=1S/C16H23N3O3/c1-11(20)17-14-9-8-13(10-15(14)22-2)19-16(21)18-12-6-4-3-5-7-12/h8-10,12H,3-7H2,1-2H3,(H,17,20)(H2,18,19,21). The van der Waals surface area contributed by atoms with Gasteiger partial charge in [-0.1, -0.05) is 19.3 Å². The molecule has 6 nitrogen and oxygen atoms in total. The number of urea groups is 1.